The monoisotopic (exact) mass is 345 g/mol. The van der Waals surface area contributed by atoms with Gasteiger partial charge in [0.1, 0.15) is 28.5 Å². The first-order chi connectivity index (χ1) is 10.7. The Kier molecular flexibility index (Phi) is 5.08. The Morgan fingerprint density at radius 1 is 0.957 bits per heavy atom. The van der Waals surface area contributed by atoms with E-state index < -0.39 is 50.1 Å². The van der Waals surface area contributed by atoms with E-state index in [1.807, 2.05) is 4.72 Å². The molecule has 0 aromatic heterocycles. The van der Waals surface area contributed by atoms with Gasteiger partial charge in [-0.25, -0.2) is 26.3 Å². The third-order valence-electron chi connectivity index (χ3n) is 3.24. The molecule has 0 aliphatic carbocycles. The van der Waals surface area contributed by atoms with Crippen LogP contribution < -0.4 is 4.72 Å². The van der Waals surface area contributed by atoms with E-state index in [0.717, 1.165) is 30.3 Å². The van der Waals surface area contributed by atoms with E-state index in [1.165, 1.54) is 19.1 Å². The third kappa shape index (κ3) is 3.72. The minimum absolute atomic E-state index is 0.618. The van der Waals surface area contributed by atoms with Gasteiger partial charge < -0.3 is 5.11 Å². The van der Waals surface area contributed by atoms with E-state index in [9.17, 15) is 26.7 Å². The van der Waals surface area contributed by atoms with Crippen LogP contribution in [0.4, 0.5) is 13.2 Å². The van der Waals surface area contributed by atoms with Gasteiger partial charge in [0.2, 0.25) is 10.0 Å². The van der Waals surface area contributed by atoms with E-state index in [0.29, 0.717) is 0 Å². The van der Waals surface area contributed by atoms with Crippen LogP contribution >= 0.6 is 0 Å². The van der Waals surface area contributed by atoms with Crippen LogP contribution in [0.5, 0.6) is 0 Å². The molecule has 2 atom stereocenters. The summed E-state index contributed by atoms with van der Waals surface area (Å²) < 4.78 is 67.1. The number of aliphatic hydroxyl groups excluding tert-OH is 1. The van der Waals surface area contributed by atoms with Crippen LogP contribution in [0.15, 0.2) is 47.4 Å². The van der Waals surface area contributed by atoms with E-state index >= 15 is 0 Å². The van der Waals surface area contributed by atoms with Gasteiger partial charge in [-0.3, -0.25) is 0 Å². The standard InChI is InChI=1S/C15H14F3NO3S/c1-9(15(20)14-11(17)6-4-7-12(14)18)19-23(21,22)13-8-3-2-5-10(13)16/h2-9,15,19-20H,1H3/t9-,15+/m1/s1. The van der Waals surface area contributed by atoms with Crippen LogP contribution in [0.2, 0.25) is 0 Å². The predicted molar refractivity (Wildman–Crippen MR) is 77.5 cm³/mol. The van der Waals surface area contributed by atoms with Gasteiger partial charge in [-0.05, 0) is 31.2 Å². The lowest BCUT2D eigenvalue weighted by Gasteiger charge is -2.21. The van der Waals surface area contributed by atoms with Crippen molar-refractivity contribution in [1.29, 1.82) is 0 Å². The van der Waals surface area contributed by atoms with Gasteiger partial charge in [0, 0.05) is 6.04 Å². The summed E-state index contributed by atoms with van der Waals surface area (Å²) >= 11 is 0. The molecule has 0 heterocycles. The molecule has 0 saturated carbocycles. The maximum Gasteiger partial charge on any atom is 0.243 e. The summed E-state index contributed by atoms with van der Waals surface area (Å²) in [4.78, 5) is -0.618. The highest BCUT2D eigenvalue weighted by atomic mass is 32.2. The summed E-state index contributed by atoms with van der Waals surface area (Å²) in [5.41, 5.74) is -0.656. The topological polar surface area (TPSA) is 66.4 Å². The van der Waals surface area contributed by atoms with Gasteiger partial charge in [-0.2, -0.15) is 0 Å². The number of sulfonamides is 1. The zero-order valence-electron chi connectivity index (χ0n) is 12.0. The fourth-order valence-electron chi connectivity index (χ4n) is 2.08. The lowest BCUT2D eigenvalue weighted by molar-refractivity contribution is 0.137. The summed E-state index contributed by atoms with van der Waals surface area (Å²) in [6, 6.07) is 6.38. The van der Waals surface area contributed by atoms with Crippen LogP contribution in [0.25, 0.3) is 0 Å². The van der Waals surface area contributed by atoms with Gasteiger partial charge in [0.05, 0.1) is 5.56 Å². The van der Waals surface area contributed by atoms with E-state index in [4.69, 9.17) is 0 Å². The molecule has 8 heteroatoms. The molecule has 23 heavy (non-hydrogen) atoms. The zero-order valence-corrected chi connectivity index (χ0v) is 12.8. The maximum atomic E-state index is 13.6. The first kappa shape index (κ1) is 17.5. The molecule has 0 bridgehead atoms. The van der Waals surface area contributed by atoms with Crippen molar-refractivity contribution in [3.05, 3.63) is 65.5 Å². The van der Waals surface area contributed by atoms with Crippen molar-refractivity contribution in [2.24, 2.45) is 0 Å². The van der Waals surface area contributed by atoms with Crippen molar-refractivity contribution < 1.29 is 26.7 Å². The maximum absolute atomic E-state index is 13.6. The van der Waals surface area contributed by atoms with Gasteiger partial charge in [-0.15, -0.1) is 0 Å². The number of aliphatic hydroxyl groups is 1. The molecule has 2 N–H and O–H groups in total. The SMILES string of the molecule is C[C@@H](NS(=O)(=O)c1ccccc1F)[C@H](O)c1c(F)cccc1F. The van der Waals surface area contributed by atoms with Crippen molar-refractivity contribution in [2.75, 3.05) is 0 Å². The van der Waals surface area contributed by atoms with E-state index in [2.05, 4.69) is 0 Å². The van der Waals surface area contributed by atoms with Crippen molar-refractivity contribution in [2.45, 2.75) is 24.0 Å². The van der Waals surface area contributed by atoms with Crippen LogP contribution in [0.3, 0.4) is 0 Å². The number of nitrogens with one attached hydrogen (secondary N) is 1. The van der Waals surface area contributed by atoms with Crippen LogP contribution in [0, 0.1) is 17.5 Å². The molecule has 0 fully saturated rings. The molecule has 0 amide bonds. The minimum Gasteiger partial charge on any atom is -0.387 e. The summed E-state index contributed by atoms with van der Waals surface area (Å²) in [6.07, 6.45) is -1.78. The highest BCUT2D eigenvalue weighted by Crippen LogP contribution is 2.24. The first-order valence-electron chi connectivity index (χ1n) is 6.63. The number of halogens is 3. The predicted octanol–water partition coefficient (Wildman–Crippen LogP) is 2.50. The third-order valence-corrected chi connectivity index (χ3v) is 4.83. The molecule has 4 nitrogen and oxygen atoms in total. The quantitative estimate of drug-likeness (QED) is 0.875. The average Bonchev–Trinajstić information content (AvgIpc) is 2.46. The molecule has 2 aromatic carbocycles. The Balaban J connectivity index is 2.28. The number of hydrogen-bond acceptors (Lipinski definition) is 3. The normalized spacial score (nSPS) is 14.5. The second-order valence-corrected chi connectivity index (χ2v) is 6.60. The van der Waals surface area contributed by atoms with E-state index in [-0.39, 0.29) is 0 Å². The molecule has 0 aliphatic rings. The zero-order chi connectivity index (χ0) is 17.2. The molecule has 2 aromatic rings. The summed E-state index contributed by atoms with van der Waals surface area (Å²) in [5.74, 6) is -2.98. The number of hydrogen-bond donors (Lipinski definition) is 2. The summed E-state index contributed by atoms with van der Waals surface area (Å²) in [5, 5.41) is 10.0. The Labute approximate surface area is 131 Å². The minimum atomic E-state index is -4.30. The molecule has 0 spiro atoms. The van der Waals surface area contributed by atoms with Gasteiger partial charge in [0.25, 0.3) is 0 Å². The van der Waals surface area contributed by atoms with Crippen molar-refractivity contribution >= 4 is 10.0 Å². The molecule has 0 saturated heterocycles. The molecular weight excluding hydrogens is 331 g/mol. The second kappa shape index (κ2) is 6.69. The lowest BCUT2D eigenvalue weighted by Crippen LogP contribution is -2.38. The second-order valence-electron chi connectivity index (χ2n) is 4.92. The number of rotatable bonds is 5. The molecule has 124 valence electrons. The highest BCUT2D eigenvalue weighted by molar-refractivity contribution is 7.89. The largest absolute Gasteiger partial charge is 0.387 e. The average molecular weight is 345 g/mol. The van der Waals surface area contributed by atoms with Crippen LogP contribution in [-0.4, -0.2) is 19.6 Å². The van der Waals surface area contributed by atoms with Gasteiger partial charge >= 0.3 is 0 Å². The molecule has 0 radical (unpaired) electrons. The van der Waals surface area contributed by atoms with Crippen molar-refractivity contribution in [3.63, 3.8) is 0 Å². The Morgan fingerprint density at radius 2 is 1.48 bits per heavy atom. The Hall–Kier alpha value is -1.90. The smallest absolute Gasteiger partial charge is 0.243 e. The molecule has 0 unspecified atom stereocenters. The van der Waals surface area contributed by atoms with Crippen molar-refractivity contribution in [3.8, 4) is 0 Å². The highest BCUT2D eigenvalue weighted by Gasteiger charge is 2.28. The van der Waals surface area contributed by atoms with Crippen LogP contribution in [0.1, 0.15) is 18.6 Å². The van der Waals surface area contributed by atoms with Gasteiger partial charge in [0.15, 0.2) is 0 Å². The first-order valence-corrected chi connectivity index (χ1v) is 8.11. The summed E-state index contributed by atoms with van der Waals surface area (Å²) in [6.45, 7) is 1.22. The Bertz CT molecular complexity index is 791. The Morgan fingerprint density at radius 3 is 2.04 bits per heavy atom. The fourth-order valence-corrected chi connectivity index (χ4v) is 3.41. The van der Waals surface area contributed by atoms with Gasteiger partial charge in [-0.1, -0.05) is 18.2 Å². The molecule has 2 rings (SSSR count). The number of benzene rings is 2. The van der Waals surface area contributed by atoms with Crippen LogP contribution in [-0.2, 0) is 10.0 Å². The van der Waals surface area contributed by atoms with Crippen molar-refractivity contribution in [1.82, 2.24) is 4.72 Å². The molecular formula is C15H14F3NO3S. The fraction of sp³-hybridized carbons (Fsp3) is 0.200. The summed E-state index contributed by atoms with van der Waals surface area (Å²) in [7, 11) is -4.30. The molecule has 0 aliphatic heterocycles. The van der Waals surface area contributed by atoms with E-state index in [1.54, 1.807) is 0 Å². The lowest BCUT2D eigenvalue weighted by atomic mass is 10.0.